The first-order valence-electron chi connectivity index (χ1n) is 8.78. The first kappa shape index (κ1) is 19.5. The van der Waals surface area contributed by atoms with E-state index >= 15 is 0 Å². The summed E-state index contributed by atoms with van der Waals surface area (Å²) >= 11 is 0. The van der Waals surface area contributed by atoms with Crippen molar-refractivity contribution in [3.05, 3.63) is 0 Å². The third-order valence-corrected chi connectivity index (χ3v) is 3.70. The topological polar surface area (TPSA) is 26.3 Å². The van der Waals surface area contributed by atoms with Crippen molar-refractivity contribution >= 4 is 5.97 Å². The van der Waals surface area contributed by atoms with Crippen LogP contribution in [-0.4, -0.2) is 12.6 Å². The van der Waals surface area contributed by atoms with E-state index in [0.29, 0.717) is 12.5 Å². The first-order valence-corrected chi connectivity index (χ1v) is 8.78. The van der Waals surface area contributed by atoms with Gasteiger partial charge in [-0.2, -0.15) is 0 Å². The lowest BCUT2D eigenvalue weighted by Crippen LogP contribution is -2.20. The standard InChI is InChI=1S/C18H36O2/c1-5-7-9-11-13-17(14-12-10-8-6-2)18(19)20-15-16(3)4/h16-17H,5-15H2,1-4H3. The molecule has 120 valence electrons. The molecule has 0 aromatic heterocycles. The molecule has 0 aromatic rings. The van der Waals surface area contributed by atoms with Crippen LogP contribution in [0.25, 0.3) is 0 Å². The SMILES string of the molecule is CCCCCCC(CCCCCC)C(=O)OCC(C)C. The van der Waals surface area contributed by atoms with Gasteiger partial charge in [-0.05, 0) is 18.8 Å². The minimum absolute atomic E-state index is 0.0479. The second-order valence-corrected chi connectivity index (χ2v) is 6.42. The maximum absolute atomic E-state index is 12.2. The van der Waals surface area contributed by atoms with Crippen LogP contribution < -0.4 is 0 Å². The third kappa shape index (κ3) is 11.3. The third-order valence-electron chi connectivity index (χ3n) is 3.70. The van der Waals surface area contributed by atoms with Crippen LogP contribution in [-0.2, 0) is 9.53 Å². The fourth-order valence-corrected chi connectivity index (χ4v) is 2.38. The van der Waals surface area contributed by atoms with Crippen LogP contribution in [0.3, 0.4) is 0 Å². The number of unbranched alkanes of at least 4 members (excludes halogenated alkanes) is 6. The quantitative estimate of drug-likeness (QED) is 0.318. The summed E-state index contributed by atoms with van der Waals surface area (Å²) in [5.74, 6) is 0.619. The molecule has 0 atom stereocenters. The number of hydrogen-bond donors (Lipinski definition) is 0. The number of hydrogen-bond acceptors (Lipinski definition) is 2. The van der Waals surface area contributed by atoms with Gasteiger partial charge in [0.1, 0.15) is 0 Å². The number of carbonyl (C=O) groups is 1. The summed E-state index contributed by atoms with van der Waals surface area (Å²) in [5, 5.41) is 0. The average molecular weight is 284 g/mol. The molecule has 2 heteroatoms. The molecule has 0 saturated carbocycles. The predicted octanol–water partition coefficient (Wildman–Crippen LogP) is 5.74. The Kier molecular flexibility index (Phi) is 13.1. The molecule has 0 heterocycles. The molecule has 0 aliphatic rings. The summed E-state index contributed by atoms with van der Waals surface area (Å²) in [6.45, 7) is 9.19. The van der Waals surface area contributed by atoms with Gasteiger partial charge in [-0.3, -0.25) is 4.79 Å². The molecule has 0 aromatic carbocycles. The molecule has 0 aliphatic carbocycles. The highest BCUT2D eigenvalue weighted by Crippen LogP contribution is 2.20. The van der Waals surface area contributed by atoms with Gasteiger partial charge in [0.25, 0.3) is 0 Å². The van der Waals surface area contributed by atoms with Crippen LogP contribution in [0.4, 0.5) is 0 Å². The molecule has 20 heavy (non-hydrogen) atoms. The van der Waals surface area contributed by atoms with Crippen LogP contribution >= 0.6 is 0 Å². The lowest BCUT2D eigenvalue weighted by atomic mass is 9.94. The molecule has 0 bridgehead atoms. The summed E-state index contributed by atoms with van der Waals surface area (Å²) < 4.78 is 5.44. The van der Waals surface area contributed by atoms with Gasteiger partial charge in [0.2, 0.25) is 0 Å². The Bertz CT molecular complexity index is 211. The number of rotatable bonds is 13. The van der Waals surface area contributed by atoms with E-state index in [1.165, 1.54) is 51.4 Å². The zero-order valence-corrected chi connectivity index (χ0v) is 14.2. The molecule has 0 unspecified atom stereocenters. The largest absolute Gasteiger partial charge is 0.465 e. The molecular weight excluding hydrogens is 248 g/mol. The summed E-state index contributed by atoms with van der Waals surface area (Å²) in [6.07, 6.45) is 11.9. The monoisotopic (exact) mass is 284 g/mol. The lowest BCUT2D eigenvalue weighted by Gasteiger charge is -2.17. The highest BCUT2D eigenvalue weighted by atomic mass is 16.5. The van der Waals surface area contributed by atoms with Gasteiger partial charge < -0.3 is 4.74 Å². The van der Waals surface area contributed by atoms with Gasteiger partial charge in [-0.15, -0.1) is 0 Å². The summed E-state index contributed by atoms with van der Waals surface area (Å²) in [7, 11) is 0. The normalized spacial score (nSPS) is 11.3. The van der Waals surface area contributed by atoms with Crippen molar-refractivity contribution in [3.8, 4) is 0 Å². The highest BCUT2D eigenvalue weighted by molar-refractivity contribution is 5.72. The second kappa shape index (κ2) is 13.5. The van der Waals surface area contributed by atoms with Crippen molar-refractivity contribution in [1.82, 2.24) is 0 Å². The number of ether oxygens (including phenoxy) is 1. The van der Waals surface area contributed by atoms with Crippen LogP contribution in [0, 0.1) is 11.8 Å². The van der Waals surface area contributed by atoms with Crippen molar-refractivity contribution in [2.75, 3.05) is 6.61 Å². The highest BCUT2D eigenvalue weighted by Gasteiger charge is 2.19. The molecule has 0 N–H and O–H groups in total. The number of carbonyl (C=O) groups excluding carboxylic acids is 1. The first-order chi connectivity index (χ1) is 9.61. The zero-order chi connectivity index (χ0) is 15.2. The molecule has 0 fully saturated rings. The molecule has 0 radical (unpaired) electrons. The molecular formula is C18H36O2. The molecule has 0 amide bonds. The van der Waals surface area contributed by atoms with Gasteiger partial charge in [-0.1, -0.05) is 79.1 Å². The summed E-state index contributed by atoms with van der Waals surface area (Å²) in [4.78, 5) is 12.2. The maximum Gasteiger partial charge on any atom is 0.308 e. The van der Waals surface area contributed by atoms with E-state index in [-0.39, 0.29) is 11.9 Å². The van der Waals surface area contributed by atoms with Crippen molar-refractivity contribution < 1.29 is 9.53 Å². The van der Waals surface area contributed by atoms with Crippen LogP contribution in [0.5, 0.6) is 0 Å². The number of esters is 1. The Hall–Kier alpha value is -0.530. The minimum Gasteiger partial charge on any atom is -0.465 e. The van der Waals surface area contributed by atoms with Gasteiger partial charge >= 0.3 is 5.97 Å². The predicted molar refractivity (Wildman–Crippen MR) is 86.8 cm³/mol. The smallest absolute Gasteiger partial charge is 0.308 e. The van der Waals surface area contributed by atoms with Gasteiger partial charge in [-0.25, -0.2) is 0 Å². The van der Waals surface area contributed by atoms with Crippen LogP contribution in [0.2, 0.25) is 0 Å². The lowest BCUT2D eigenvalue weighted by molar-refractivity contribution is -0.150. The molecule has 0 saturated heterocycles. The van der Waals surface area contributed by atoms with E-state index in [0.717, 1.165) is 12.8 Å². The second-order valence-electron chi connectivity index (χ2n) is 6.42. The molecule has 0 aliphatic heterocycles. The van der Waals surface area contributed by atoms with Crippen molar-refractivity contribution in [3.63, 3.8) is 0 Å². The fraction of sp³-hybridized carbons (Fsp3) is 0.944. The van der Waals surface area contributed by atoms with E-state index in [2.05, 4.69) is 27.7 Å². The zero-order valence-electron chi connectivity index (χ0n) is 14.2. The molecule has 0 spiro atoms. The Morgan fingerprint density at radius 2 is 1.35 bits per heavy atom. The van der Waals surface area contributed by atoms with E-state index in [1.54, 1.807) is 0 Å². The molecule has 2 nitrogen and oxygen atoms in total. The Balaban J connectivity index is 4.04. The minimum atomic E-state index is 0.0479. The maximum atomic E-state index is 12.2. The van der Waals surface area contributed by atoms with Gasteiger partial charge in [0, 0.05) is 0 Å². The van der Waals surface area contributed by atoms with Crippen LogP contribution in [0.1, 0.15) is 91.9 Å². The Morgan fingerprint density at radius 1 is 0.850 bits per heavy atom. The molecule has 0 rings (SSSR count). The van der Waals surface area contributed by atoms with Crippen molar-refractivity contribution in [2.24, 2.45) is 11.8 Å². The Morgan fingerprint density at radius 3 is 1.75 bits per heavy atom. The average Bonchev–Trinajstić information content (AvgIpc) is 2.43. The van der Waals surface area contributed by atoms with Crippen molar-refractivity contribution in [1.29, 1.82) is 0 Å². The fourth-order valence-electron chi connectivity index (χ4n) is 2.38. The summed E-state index contributed by atoms with van der Waals surface area (Å²) in [6, 6.07) is 0. The van der Waals surface area contributed by atoms with E-state index in [4.69, 9.17) is 4.74 Å². The summed E-state index contributed by atoms with van der Waals surface area (Å²) in [5.41, 5.74) is 0. The van der Waals surface area contributed by atoms with Gasteiger partial charge in [0.05, 0.1) is 12.5 Å². The van der Waals surface area contributed by atoms with Crippen LogP contribution in [0.15, 0.2) is 0 Å². The van der Waals surface area contributed by atoms with E-state index in [9.17, 15) is 4.79 Å². The van der Waals surface area contributed by atoms with Crippen molar-refractivity contribution in [2.45, 2.75) is 91.9 Å². The Labute approximate surface area is 126 Å². The van der Waals surface area contributed by atoms with E-state index in [1.807, 2.05) is 0 Å². The van der Waals surface area contributed by atoms with E-state index < -0.39 is 0 Å². The van der Waals surface area contributed by atoms with Gasteiger partial charge in [0.15, 0.2) is 0 Å².